The van der Waals surface area contributed by atoms with Gasteiger partial charge in [-0.2, -0.15) is 0 Å². The van der Waals surface area contributed by atoms with Gasteiger partial charge in [0.15, 0.2) is 6.61 Å². The van der Waals surface area contributed by atoms with E-state index in [0.717, 1.165) is 9.99 Å². The molecule has 0 aliphatic rings. The van der Waals surface area contributed by atoms with Crippen LogP contribution in [0.5, 0.6) is 0 Å². The highest BCUT2D eigenvalue weighted by atomic mass is 127. The summed E-state index contributed by atoms with van der Waals surface area (Å²) in [4.78, 5) is 34.2. The normalized spacial score (nSPS) is 9.70. The van der Waals surface area contributed by atoms with Crippen LogP contribution in [0.15, 0.2) is 24.3 Å². The Morgan fingerprint density at radius 2 is 2.05 bits per heavy atom. The monoisotopic (exact) mass is 390 g/mol. The fourth-order valence-electron chi connectivity index (χ4n) is 1.28. The molecule has 108 valence electrons. The van der Waals surface area contributed by atoms with E-state index < -0.39 is 24.5 Å². The van der Waals surface area contributed by atoms with E-state index in [0.29, 0.717) is 12.1 Å². The Bertz CT molecular complexity index is 505. The highest BCUT2D eigenvalue weighted by Gasteiger charge is 2.12. The van der Waals surface area contributed by atoms with Gasteiger partial charge in [-0.15, -0.1) is 0 Å². The molecule has 20 heavy (non-hydrogen) atoms. The molecule has 0 heterocycles. The summed E-state index contributed by atoms with van der Waals surface area (Å²) >= 11 is 2.07. The van der Waals surface area contributed by atoms with E-state index in [1.54, 1.807) is 18.2 Å². The molecule has 0 unspecified atom stereocenters. The number of esters is 1. The molecule has 0 bridgehead atoms. The highest BCUT2D eigenvalue weighted by Crippen LogP contribution is 2.08. The standard InChI is InChI=1S/C13H15IN2O4/c1-2-6-15-13(19)16-11(17)8-20-12(18)9-4-3-5-10(14)7-9/h3-5,7H,2,6,8H2,1H3,(H2,15,16,17,19). The molecule has 0 aliphatic heterocycles. The van der Waals surface area contributed by atoms with Gasteiger partial charge in [0, 0.05) is 10.1 Å². The number of halogens is 1. The SMILES string of the molecule is CCCNC(=O)NC(=O)COC(=O)c1cccc(I)c1. The lowest BCUT2D eigenvalue weighted by Crippen LogP contribution is -2.41. The number of urea groups is 1. The number of imide groups is 1. The predicted molar refractivity (Wildman–Crippen MR) is 81.3 cm³/mol. The van der Waals surface area contributed by atoms with Crippen molar-refractivity contribution in [1.29, 1.82) is 0 Å². The van der Waals surface area contributed by atoms with Gasteiger partial charge in [0.1, 0.15) is 0 Å². The molecule has 0 atom stereocenters. The summed E-state index contributed by atoms with van der Waals surface area (Å²) in [5.74, 6) is -1.27. The molecule has 1 rings (SSSR count). The third-order valence-corrected chi connectivity index (χ3v) is 2.85. The third kappa shape index (κ3) is 6.00. The molecule has 0 aromatic heterocycles. The molecule has 3 amide bonds. The first-order valence-electron chi connectivity index (χ1n) is 6.03. The maximum Gasteiger partial charge on any atom is 0.338 e. The first-order chi connectivity index (χ1) is 9.52. The molecule has 1 aromatic rings. The number of carbonyl (C=O) groups excluding carboxylic acids is 3. The van der Waals surface area contributed by atoms with Gasteiger partial charge in [0.2, 0.25) is 0 Å². The van der Waals surface area contributed by atoms with Crippen molar-refractivity contribution >= 4 is 40.5 Å². The van der Waals surface area contributed by atoms with E-state index in [2.05, 4.69) is 33.2 Å². The Labute approximate surface area is 130 Å². The van der Waals surface area contributed by atoms with Gasteiger partial charge >= 0.3 is 12.0 Å². The van der Waals surface area contributed by atoms with Gasteiger partial charge in [-0.05, 0) is 47.2 Å². The Morgan fingerprint density at radius 3 is 2.70 bits per heavy atom. The molecular weight excluding hydrogens is 375 g/mol. The first-order valence-corrected chi connectivity index (χ1v) is 7.11. The Kier molecular flexibility index (Phi) is 6.99. The van der Waals surface area contributed by atoms with Crippen molar-refractivity contribution < 1.29 is 19.1 Å². The van der Waals surface area contributed by atoms with Crippen molar-refractivity contribution in [3.8, 4) is 0 Å². The summed E-state index contributed by atoms with van der Waals surface area (Å²) in [5.41, 5.74) is 0.361. The quantitative estimate of drug-likeness (QED) is 0.592. The summed E-state index contributed by atoms with van der Waals surface area (Å²) in [5, 5.41) is 4.54. The second-order valence-electron chi connectivity index (χ2n) is 3.89. The van der Waals surface area contributed by atoms with Crippen molar-refractivity contribution in [1.82, 2.24) is 10.6 Å². The smallest absolute Gasteiger partial charge is 0.338 e. The number of amides is 3. The van der Waals surface area contributed by atoms with Gasteiger partial charge in [0.05, 0.1) is 5.56 Å². The van der Waals surface area contributed by atoms with Gasteiger partial charge in [0.25, 0.3) is 5.91 Å². The van der Waals surface area contributed by atoms with Gasteiger partial charge < -0.3 is 10.1 Å². The van der Waals surface area contributed by atoms with Crippen LogP contribution in [0.1, 0.15) is 23.7 Å². The third-order valence-electron chi connectivity index (χ3n) is 2.18. The molecule has 0 aliphatic carbocycles. The summed E-state index contributed by atoms with van der Waals surface area (Å²) in [6, 6.07) is 6.20. The summed E-state index contributed by atoms with van der Waals surface area (Å²) in [6.07, 6.45) is 0.767. The number of ether oxygens (including phenoxy) is 1. The molecule has 0 fully saturated rings. The van der Waals surface area contributed by atoms with Crippen LogP contribution in [0.4, 0.5) is 4.79 Å². The van der Waals surface area contributed by atoms with E-state index in [9.17, 15) is 14.4 Å². The highest BCUT2D eigenvalue weighted by molar-refractivity contribution is 14.1. The predicted octanol–water partition coefficient (Wildman–Crippen LogP) is 1.68. The summed E-state index contributed by atoms with van der Waals surface area (Å²) < 4.78 is 5.71. The van der Waals surface area contributed by atoms with Crippen LogP contribution < -0.4 is 10.6 Å². The van der Waals surface area contributed by atoms with Crippen molar-refractivity contribution in [3.63, 3.8) is 0 Å². The lowest BCUT2D eigenvalue weighted by molar-refractivity contribution is -0.123. The maximum atomic E-state index is 11.7. The van der Waals surface area contributed by atoms with E-state index in [-0.39, 0.29) is 0 Å². The van der Waals surface area contributed by atoms with Crippen LogP contribution in [0.3, 0.4) is 0 Å². The zero-order chi connectivity index (χ0) is 15.0. The van der Waals surface area contributed by atoms with Gasteiger partial charge in [-0.1, -0.05) is 13.0 Å². The minimum Gasteiger partial charge on any atom is -0.452 e. The average molecular weight is 390 g/mol. The molecule has 0 saturated heterocycles. The van der Waals surface area contributed by atoms with Crippen LogP contribution in [0.25, 0.3) is 0 Å². The lowest BCUT2D eigenvalue weighted by atomic mass is 10.2. The van der Waals surface area contributed by atoms with Crippen LogP contribution in [0.2, 0.25) is 0 Å². The van der Waals surface area contributed by atoms with Crippen molar-refractivity contribution in [2.24, 2.45) is 0 Å². The molecular formula is C13H15IN2O4. The zero-order valence-electron chi connectivity index (χ0n) is 10.9. The second-order valence-corrected chi connectivity index (χ2v) is 5.14. The Balaban J connectivity index is 2.37. The molecule has 7 heteroatoms. The fraction of sp³-hybridized carbons (Fsp3) is 0.308. The van der Waals surface area contributed by atoms with Crippen LogP contribution >= 0.6 is 22.6 Å². The number of hydrogen-bond acceptors (Lipinski definition) is 4. The van der Waals surface area contributed by atoms with E-state index in [4.69, 9.17) is 4.74 Å². The Morgan fingerprint density at radius 1 is 1.30 bits per heavy atom. The average Bonchev–Trinajstić information content (AvgIpc) is 2.42. The van der Waals surface area contributed by atoms with Crippen molar-refractivity contribution in [3.05, 3.63) is 33.4 Å². The number of nitrogens with one attached hydrogen (secondary N) is 2. The largest absolute Gasteiger partial charge is 0.452 e. The van der Waals surface area contributed by atoms with Crippen LogP contribution in [-0.2, 0) is 9.53 Å². The number of hydrogen-bond donors (Lipinski definition) is 2. The topological polar surface area (TPSA) is 84.5 Å². The first kappa shape index (κ1) is 16.4. The fourth-order valence-corrected chi connectivity index (χ4v) is 1.82. The molecule has 1 aromatic carbocycles. The van der Waals surface area contributed by atoms with Gasteiger partial charge in [-0.3, -0.25) is 10.1 Å². The minimum atomic E-state index is -0.669. The van der Waals surface area contributed by atoms with Crippen molar-refractivity contribution in [2.45, 2.75) is 13.3 Å². The number of carbonyl (C=O) groups is 3. The molecule has 0 spiro atoms. The Hall–Kier alpha value is -1.64. The van der Waals surface area contributed by atoms with Crippen LogP contribution in [0, 0.1) is 3.57 Å². The number of benzene rings is 1. The summed E-state index contributed by atoms with van der Waals surface area (Å²) in [6.45, 7) is 1.87. The van der Waals surface area contributed by atoms with E-state index >= 15 is 0 Å². The van der Waals surface area contributed by atoms with E-state index in [1.165, 1.54) is 0 Å². The molecule has 0 saturated carbocycles. The van der Waals surface area contributed by atoms with Crippen LogP contribution in [-0.4, -0.2) is 31.1 Å². The van der Waals surface area contributed by atoms with E-state index in [1.807, 2.05) is 13.0 Å². The lowest BCUT2D eigenvalue weighted by Gasteiger charge is -2.06. The van der Waals surface area contributed by atoms with Crippen molar-refractivity contribution in [2.75, 3.05) is 13.2 Å². The zero-order valence-corrected chi connectivity index (χ0v) is 13.1. The maximum absolute atomic E-state index is 11.7. The molecule has 0 radical (unpaired) electrons. The molecule has 2 N–H and O–H groups in total. The van der Waals surface area contributed by atoms with Gasteiger partial charge in [-0.25, -0.2) is 9.59 Å². The second kappa shape index (κ2) is 8.51. The number of rotatable bonds is 5. The minimum absolute atomic E-state index is 0.361. The molecule has 6 nitrogen and oxygen atoms in total. The summed E-state index contributed by atoms with van der Waals surface area (Å²) in [7, 11) is 0.